The Morgan fingerprint density at radius 1 is 0.778 bits per heavy atom. The van der Waals surface area contributed by atoms with Gasteiger partial charge in [0.2, 0.25) is 0 Å². The van der Waals surface area contributed by atoms with Crippen LogP contribution in [0.5, 0.6) is 0 Å². The standard InChI is InChI=1S/2C3H7O.Te/c2*1-3(2)4;/h2*3H,1-2H3;/q2*-1;+2. The summed E-state index contributed by atoms with van der Waals surface area (Å²) >= 11 is 0. The van der Waals surface area contributed by atoms with E-state index in [-0.39, 0.29) is 23.7 Å². The van der Waals surface area contributed by atoms with Crippen molar-refractivity contribution in [3.63, 3.8) is 0 Å². The number of hydrogen-bond donors (Lipinski definition) is 0. The van der Waals surface area contributed by atoms with Crippen LogP contribution in [-0.4, -0.2) is 35.9 Å². The Morgan fingerprint density at radius 2 is 0.778 bits per heavy atom. The van der Waals surface area contributed by atoms with Crippen molar-refractivity contribution < 1.29 is 10.2 Å². The molecular formula is C6H14O2Te. The molecule has 9 heavy (non-hydrogen) atoms. The zero-order valence-electron chi connectivity index (χ0n) is 6.38. The molecule has 2 nitrogen and oxygen atoms in total. The van der Waals surface area contributed by atoms with Gasteiger partial charge in [-0.25, -0.2) is 0 Å². The molecule has 0 spiro atoms. The monoisotopic (exact) mass is 248 g/mol. The maximum Gasteiger partial charge on any atom is 2.00 e. The average Bonchev–Trinajstić information content (AvgIpc) is 1.25. The number of rotatable bonds is 0. The van der Waals surface area contributed by atoms with E-state index in [0.29, 0.717) is 0 Å². The second-order valence-electron chi connectivity index (χ2n) is 2.10. The van der Waals surface area contributed by atoms with Crippen LogP contribution in [0.1, 0.15) is 27.7 Å². The molecule has 0 aromatic carbocycles. The van der Waals surface area contributed by atoms with Crippen molar-refractivity contribution >= 4 is 23.7 Å². The molecule has 0 N–H and O–H groups in total. The van der Waals surface area contributed by atoms with Gasteiger partial charge < -0.3 is 10.2 Å². The summed E-state index contributed by atoms with van der Waals surface area (Å²) < 4.78 is 0. The fourth-order valence-electron chi connectivity index (χ4n) is 0. The molecule has 0 aliphatic carbocycles. The van der Waals surface area contributed by atoms with E-state index in [1.54, 1.807) is 27.7 Å². The first-order chi connectivity index (χ1) is 3.46. The van der Waals surface area contributed by atoms with Gasteiger partial charge >= 0.3 is 23.7 Å². The van der Waals surface area contributed by atoms with E-state index in [2.05, 4.69) is 0 Å². The SMILES string of the molecule is CC(C)[O-].CC(C)[O-].[Te+2]. The Balaban J connectivity index is -0.0000000720. The van der Waals surface area contributed by atoms with Crippen molar-refractivity contribution in [1.29, 1.82) is 0 Å². The molecule has 0 amide bonds. The molecule has 0 aromatic rings. The first-order valence-corrected chi connectivity index (χ1v) is 2.78. The Morgan fingerprint density at radius 3 is 0.778 bits per heavy atom. The molecule has 0 fully saturated rings. The van der Waals surface area contributed by atoms with E-state index in [1.165, 1.54) is 0 Å². The quantitative estimate of drug-likeness (QED) is 0.521. The summed E-state index contributed by atoms with van der Waals surface area (Å²) in [6.07, 6.45) is -0.833. The Kier molecular flexibility index (Phi) is 20.9. The Bertz CT molecular complexity index is 26.5. The average molecular weight is 246 g/mol. The van der Waals surface area contributed by atoms with E-state index in [0.717, 1.165) is 0 Å². The van der Waals surface area contributed by atoms with Crippen LogP contribution in [0.3, 0.4) is 0 Å². The molecule has 0 aliphatic rings. The molecule has 0 rings (SSSR count). The maximum atomic E-state index is 9.53. The van der Waals surface area contributed by atoms with Gasteiger partial charge in [-0.15, -0.1) is 12.2 Å². The van der Waals surface area contributed by atoms with Crippen molar-refractivity contribution in [2.24, 2.45) is 0 Å². The molecule has 56 valence electrons. The predicted molar refractivity (Wildman–Crippen MR) is 36.0 cm³/mol. The third-order valence-electron chi connectivity index (χ3n) is 0. The van der Waals surface area contributed by atoms with Crippen molar-refractivity contribution in [3.8, 4) is 0 Å². The van der Waals surface area contributed by atoms with Gasteiger partial charge in [0.25, 0.3) is 0 Å². The zero-order valence-corrected chi connectivity index (χ0v) is 8.71. The van der Waals surface area contributed by atoms with Gasteiger partial charge in [-0.3, -0.25) is 0 Å². The Labute approximate surface area is 74.0 Å². The van der Waals surface area contributed by atoms with Crippen molar-refractivity contribution in [3.05, 3.63) is 0 Å². The smallest absolute Gasteiger partial charge is 0.852 e. The summed E-state index contributed by atoms with van der Waals surface area (Å²) in [6, 6.07) is 0. The fraction of sp³-hybridized carbons (Fsp3) is 1.00. The van der Waals surface area contributed by atoms with Crippen molar-refractivity contribution in [1.82, 2.24) is 0 Å². The van der Waals surface area contributed by atoms with Crippen LogP contribution in [0.4, 0.5) is 0 Å². The molecule has 4 radical (unpaired) electrons. The predicted octanol–water partition coefficient (Wildman–Crippen LogP) is -0.871. The van der Waals surface area contributed by atoms with Gasteiger partial charge in [0.15, 0.2) is 0 Å². The summed E-state index contributed by atoms with van der Waals surface area (Å²) in [4.78, 5) is 0. The molecule has 0 heterocycles. The molecular weight excluding hydrogens is 232 g/mol. The van der Waals surface area contributed by atoms with Crippen LogP contribution >= 0.6 is 0 Å². The second kappa shape index (κ2) is 11.5. The molecule has 0 saturated heterocycles. The maximum absolute atomic E-state index is 9.53. The summed E-state index contributed by atoms with van der Waals surface area (Å²) in [5, 5.41) is 19.1. The normalized spacial score (nSPS) is 8.00. The number of hydrogen-bond acceptors (Lipinski definition) is 2. The minimum atomic E-state index is -0.417. The van der Waals surface area contributed by atoms with Gasteiger partial charge in [0.05, 0.1) is 0 Å². The van der Waals surface area contributed by atoms with E-state index in [4.69, 9.17) is 0 Å². The second-order valence-corrected chi connectivity index (χ2v) is 2.10. The largest absolute Gasteiger partial charge is 2.00 e. The molecule has 0 atom stereocenters. The molecule has 3 heteroatoms. The Hall–Kier alpha value is 0.710. The minimum Gasteiger partial charge on any atom is -0.852 e. The van der Waals surface area contributed by atoms with Gasteiger partial charge in [-0.2, -0.15) is 0 Å². The zero-order chi connectivity index (χ0) is 7.15. The third kappa shape index (κ3) is 779. The van der Waals surface area contributed by atoms with Crippen LogP contribution < -0.4 is 10.2 Å². The molecule has 0 bridgehead atoms. The van der Waals surface area contributed by atoms with Crippen LogP contribution in [0.15, 0.2) is 0 Å². The first-order valence-electron chi connectivity index (χ1n) is 2.78. The van der Waals surface area contributed by atoms with Crippen LogP contribution in [0.25, 0.3) is 0 Å². The summed E-state index contributed by atoms with van der Waals surface area (Å²) in [5.41, 5.74) is 0. The van der Waals surface area contributed by atoms with E-state index in [9.17, 15) is 10.2 Å². The topological polar surface area (TPSA) is 46.1 Å². The van der Waals surface area contributed by atoms with Crippen LogP contribution in [0.2, 0.25) is 0 Å². The van der Waals surface area contributed by atoms with E-state index >= 15 is 0 Å². The summed E-state index contributed by atoms with van der Waals surface area (Å²) in [7, 11) is 0. The van der Waals surface area contributed by atoms with Gasteiger partial charge in [-0.05, 0) is 0 Å². The minimum absolute atomic E-state index is 0. The molecule has 0 aromatic heterocycles. The molecule has 0 aliphatic heterocycles. The fourth-order valence-corrected chi connectivity index (χ4v) is 0. The first kappa shape index (κ1) is 16.4. The summed E-state index contributed by atoms with van der Waals surface area (Å²) in [6.45, 7) is 6.44. The van der Waals surface area contributed by atoms with Gasteiger partial charge in [0.1, 0.15) is 0 Å². The van der Waals surface area contributed by atoms with Crippen LogP contribution in [-0.2, 0) is 0 Å². The van der Waals surface area contributed by atoms with E-state index in [1.807, 2.05) is 0 Å². The molecule has 0 unspecified atom stereocenters. The van der Waals surface area contributed by atoms with Crippen molar-refractivity contribution in [2.45, 2.75) is 39.9 Å². The van der Waals surface area contributed by atoms with Gasteiger partial charge in [0, 0.05) is 0 Å². The third-order valence-corrected chi connectivity index (χ3v) is 0. The summed E-state index contributed by atoms with van der Waals surface area (Å²) in [5.74, 6) is 0. The molecule has 0 saturated carbocycles. The van der Waals surface area contributed by atoms with Crippen molar-refractivity contribution in [2.75, 3.05) is 0 Å². The van der Waals surface area contributed by atoms with Crippen LogP contribution in [0, 0.1) is 0 Å². The van der Waals surface area contributed by atoms with E-state index < -0.39 is 12.2 Å². The van der Waals surface area contributed by atoms with Gasteiger partial charge in [-0.1, -0.05) is 27.7 Å².